The minimum atomic E-state index is -3.40. The quantitative estimate of drug-likeness (QED) is 0.175. The molecule has 51 heavy (non-hydrogen) atoms. The largest absolute Gasteiger partial charge is 0.309 e. The lowest BCUT2D eigenvalue weighted by molar-refractivity contribution is 0.592. The maximum absolute atomic E-state index is 16.3. The molecule has 0 amide bonds. The summed E-state index contributed by atoms with van der Waals surface area (Å²) in [5.41, 5.74) is 8.48. The molecule has 1 atom stereocenters. The van der Waals surface area contributed by atoms with Crippen LogP contribution in [0, 0.1) is 0 Å². The maximum Gasteiger partial charge on any atom is 0.235 e. The summed E-state index contributed by atoms with van der Waals surface area (Å²) in [7, 11) is -3.40. The predicted octanol–water partition coefficient (Wildman–Crippen LogP) is 10.2. The summed E-state index contributed by atoms with van der Waals surface area (Å²) in [5.74, 6) is 0.558. The highest BCUT2D eigenvalue weighted by Crippen LogP contribution is 2.54. The average Bonchev–Trinajstić information content (AvgIpc) is 3.51. The standard InChI is InChI=1S/C46H30N3OP/c50-51(35-28-27-31-15-7-8-20-34(31)29-35)42-25-13-10-22-37(42)44-36-21-9-12-24-41(36)49(45(44)38-23-11-14-26-43(38)51)46-47-39(32-16-3-1-4-17-32)30-40(48-46)33-18-5-2-6-19-33/h1-30H. The van der Waals surface area contributed by atoms with Gasteiger partial charge in [0.15, 0.2) is 7.14 Å². The highest BCUT2D eigenvalue weighted by Gasteiger charge is 2.40. The Balaban J connectivity index is 1.34. The Morgan fingerprint density at radius 2 is 1.02 bits per heavy atom. The van der Waals surface area contributed by atoms with E-state index in [9.17, 15) is 0 Å². The second-order valence-electron chi connectivity index (χ2n) is 12.9. The minimum Gasteiger partial charge on any atom is -0.309 e. The first-order chi connectivity index (χ1) is 25.2. The van der Waals surface area contributed by atoms with E-state index in [2.05, 4.69) is 120 Å². The fraction of sp³-hybridized carbons (Fsp3) is 0. The molecule has 0 aliphatic carbocycles. The van der Waals surface area contributed by atoms with E-state index in [0.717, 1.165) is 82.5 Å². The number of para-hydroxylation sites is 1. The van der Waals surface area contributed by atoms with Gasteiger partial charge in [-0.1, -0.05) is 164 Å². The van der Waals surface area contributed by atoms with Crippen molar-refractivity contribution in [1.29, 1.82) is 0 Å². The average molecular weight is 672 g/mol. The van der Waals surface area contributed by atoms with Crippen LogP contribution in [0.4, 0.5) is 0 Å². The highest BCUT2D eigenvalue weighted by molar-refractivity contribution is 7.85. The Morgan fingerprint density at radius 3 is 1.73 bits per heavy atom. The van der Waals surface area contributed by atoms with Crippen LogP contribution in [0.15, 0.2) is 182 Å². The van der Waals surface area contributed by atoms with Gasteiger partial charge in [0.05, 0.1) is 22.6 Å². The summed E-state index contributed by atoms with van der Waals surface area (Å²) in [6.07, 6.45) is 0. The number of aromatic nitrogens is 3. The van der Waals surface area contributed by atoms with Crippen LogP contribution in [0.5, 0.6) is 0 Å². The summed E-state index contributed by atoms with van der Waals surface area (Å²) >= 11 is 0. The molecule has 4 nitrogen and oxygen atoms in total. The van der Waals surface area contributed by atoms with E-state index in [1.165, 1.54) is 0 Å². The zero-order chi connectivity index (χ0) is 33.9. The van der Waals surface area contributed by atoms with Gasteiger partial charge in [-0.2, -0.15) is 0 Å². The van der Waals surface area contributed by atoms with Crippen LogP contribution in [0.1, 0.15) is 0 Å². The van der Waals surface area contributed by atoms with Crippen LogP contribution in [-0.4, -0.2) is 14.5 Å². The molecule has 2 aromatic heterocycles. The molecule has 0 N–H and O–H groups in total. The topological polar surface area (TPSA) is 47.8 Å². The van der Waals surface area contributed by atoms with E-state index in [1.54, 1.807) is 0 Å². The molecule has 10 rings (SSSR count). The number of hydrogen-bond acceptors (Lipinski definition) is 3. The van der Waals surface area contributed by atoms with Crippen LogP contribution in [0.25, 0.3) is 72.5 Å². The molecule has 0 radical (unpaired) electrons. The van der Waals surface area contributed by atoms with Crippen LogP contribution in [-0.2, 0) is 4.57 Å². The fourth-order valence-corrected chi connectivity index (χ4v) is 10.8. The molecule has 0 spiro atoms. The van der Waals surface area contributed by atoms with Gasteiger partial charge in [-0.05, 0) is 34.5 Å². The van der Waals surface area contributed by atoms with Crippen LogP contribution < -0.4 is 15.9 Å². The second kappa shape index (κ2) is 11.6. The van der Waals surface area contributed by atoms with E-state index in [1.807, 2.05) is 66.7 Å². The van der Waals surface area contributed by atoms with E-state index < -0.39 is 7.14 Å². The molecule has 1 unspecified atom stereocenters. The molecule has 5 heteroatoms. The summed E-state index contributed by atoms with van der Waals surface area (Å²) < 4.78 is 18.5. The van der Waals surface area contributed by atoms with Gasteiger partial charge in [0.25, 0.3) is 0 Å². The third-order valence-electron chi connectivity index (χ3n) is 10.0. The van der Waals surface area contributed by atoms with Crippen molar-refractivity contribution < 1.29 is 4.57 Å². The normalized spacial score (nSPS) is 14.8. The third-order valence-corrected chi connectivity index (χ3v) is 13.2. The lowest BCUT2D eigenvalue weighted by Crippen LogP contribution is -2.26. The van der Waals surface area contributed by atoms with Crippen LogP contribution >= 0.6 is 7.14 Å². The number of nitrogens with zero attached hydrogens (tertiary/aromatic N) is 3. The summed E-state index contributed by atoms with van der Waals surface area (Å²) in [4.78, 5) is 10.6. The van der Waals surface area contributed by atoms with Gasteiger partial charge >= 0.3 is 0 Å². The predicted molar refractivity (Wildman–Crippen MR) is 211 cm³/mol. The molecule has 240 valence electrons. The third kappa shape index (κ3) is 4.58. The number of benzene rings is 7. The maximum atomic E-state index is 16.3. The molecule has 0 saturated heterocycles. The van der Waals surface area contributed by atoms with E-state index in [0.29, 0.717) is 5.95 Å². The summed E-state index contributed by atoms with van der Waals surface area (Å²) in [6, 6.07) is 62.0. The first-order valence-corrected chi connectivity index (χ1v) is 18.8. The zero-order valence-corrected chi connectivity index (χ0v) is 28.4. The molecular weight excluding hydrogens is 642 g/mol. The first-order valence-electron chi connectivity index (χ1n) is 17.1. The zero-order valence-electron chi connectivity index (χ0n) is 27.5. The van der Waals surface area contributed by atoms with Gasteiger partial charge in [0, 0.05) is 43.6 Å². The smallest absolute Gasteiger partial charge is 0.235 e. The molecule has 1 aliphatic heterocycles. The second-order valence-corrected chi connectivity index (χ2v) is 15.6. The van der Waals surface area contributed by atoms with Crippen molar-refractivity contribution in [1.82, 2.24) is 14.5 Å². The van der Waals surface area contributed by atoms with Gasteiger partial charge in [-0.25, -0.2) is 9.97 Å². The highest BCUT2D eigenvalue weighted by atomic mass is 31.2. The number of fused-ring (bicyclic) bond motifs is 8. The van der Waals surface area contributed by atoms with Crippen LogP contribution in [0.2, 0.25) is 0 Å². The van der Waals surface area contributed by atoms with Gasteiger partial charge < -0.3 is 4.57 Å². The van der Waals surface area contributed by atoms with Crippen molar-refractivity contribution in [2.75, 3.05) is 0 Å². The van der Waals surface area contributed by atoms with Crippen LogP contribution in [0.3, 0.4) is 0 Å². The molecule has 1 aliphatic rings. The van der Waals surface area contributed by atoms with E-state index in [4.69, 9.17) is 9.97 Å². The Morgan fingerprint density at radius 1 is 0.471 bits per heavy atom. The molecule has 7 aromatic carbocycles. The van der Waals surface area contributed by atoms with E-state index >= 15 is 4.57 Å². The number of hydrogen-bond donors (Lipinski definition) is 0. The Labute approximate surface area is 295 Å². The Hall–Kier alpha value is -6.35. The van der Waals surface area contributed by atoms with Gasteiger partial charge in [0.1, 0.15) is 0 Å². The van der Waals surface area contributed by atoms with Crippen molar-refractivity contribution in [3.63, 3.8) is 0 Å². The van der Waals surface area contributed by atoms with Crippen molar-refractivity contribution >= 4 is 44.7 Å². The molecule has 0 saturated carbocycles. The monoisotopic (exact) mass is 671 g/mol. The SMILES string of the molecule is O=P1(c2ccc3ccccc3c2)c2ccccc2-c2c(n(-c3nc(-c4ccccc4)cc(-c4ccccc4)n3)c3ccccc23)-c2ccccc21. The fourth-order valence-electron chi connectivity index (χ4n) is 7.71. The molecule has 3 heterocycles. The van der Waals surface area contributed by atoms with Crippen molar-refractivity contribution in [2.24, 2.45) is 0 Å². The molecular formula is C46H30N3OP. The van der Waals surface area contributed by atoms with Gasteiger partial charge in [-0.3, -0.25) is 4.57 Å². The van der Waals surface area contributed by atoms with Crippen molar-refractivity contribution in [3.8, 4) is 50.8 Å². The first kappa shape index (κ1) is 29.6. The minimum absolute atomic E-state index is 0.558. The van der Waals surface area contributed by atoms with Crippen molar-refractivity contribution in [2.45, 2.75) is 0 Å². The van der Waals surface area contributed by atoms with Gasteiger partial charge in [0.2, 0.25) is 5.95 Å². The molecule has 9 aromatic rings. The summed E-state index contributed by atoms with van der Waals surface area (Å²) in [6.45, 7) is 0. The number of rotatable bonds is 4. The Kier molecular flexibility index (Phi) is 6.74. The molecule has 0 fully saturated rings. The lowest BCUT2D eigenvalue weighted by atomic mass is 9.98. The summed E-state index contributed by atoms with van der Waals surface area (Å²) in [5, 5.41) is 5.69. The Bertz CT molecular complexity index is 2780. The van der Waals surface area contributed by atoms with Crippen molar-refractivity contribution in [3.05, 3.63) is 182 Å². The molecule has 0 bridgehead atoms. The van der Waals surface area contributed by atoms with Gasteiger partial charge in [-0.15, -0.1) is 0 Å². The van der Waals surface area contributed by atoms with E-state index in [-0.39, 0.29) is 0 Å². The lowest BCUT2D eigenvalue weighted by Gasteiger charge is -2.23.